The van der Waals surface area contributed by atoms with Crippen LogP contribution in [0.3, 0.4) is 0 Å². The Morgan fingerprint density at radius 3 is 1.78 bits per heavy atom. The van der Waals surface area contributed by atoms with Crippen LogP contribution in [-0.4, -0.2) is 29.6 Å². The van der Waals surface area contributed by atoms with E-state index in [2.05, 4.69) is 29.0 Å². The fourth-order valence-corrected chi connectivity index (χ4v) is 4.52. The Hall–Kier alpha value is -2.73. The van der Waals surface area contributed by atoms with Crippen LogP contribution < -0.4 is 9.47 Å². The molecule has 0 aliphatic heterocycles. The number of aliphatic imine (C=N–C) groups is 1. The Bertz CT molecular complexity index is 1000. The van der Waals surface area contributed by atoms with Gasteiger partial charge in [-0.2, -0.15) is 0 Å². The third-order valence-corrected chi connectivity index (χ3v) is 6.88. The molecule has 5 nitrogen and oxygen atoms in total. The van der Waals surface area contributed by atoms with Gasteiger partial charge in [-0.25, -0.2) is 4.99 Å². The quantitative estimate of drug-likeness (QED) is 0.127. The Labute approximate surface area is 221 Å². The molecule has 0 N–H and O–H groups in total. The van der Waals surface area contributed by atoms with Crippen LogP contribution in [0.1, 0.15) is 90.0 Å². The maximum atomic E-state index is 5.88. The molecule has 0 aliphatic carbocycles. The van der Waals surface area contributed by atoms with E-state index >= 15 is 0 Å². The predicted molar refractivity (Wildman–Crippen MR) is 152 cm³/mol. The number of hydrogen-bond donors (Lipinski definition) is 0. The Balaban J connectivity index is 1.40. The zero-order valence-corrected chi connectivity index (χ0v) is 22.8. The van der Waals surface area contributed by atoms with Gasteiger partial charge in [0.2, 0.25) is 5.13 Å². The van der Waals surface area contributed by atoms with Crippen LogP contribution in [0.5, 0.6) is 11.5 Å². The molecule has 0 aliphatic rings. The first-order valence-corrected chi connectivity index (χ1v) is 14.4. The van der Waals surface area contributed by atoms with Crippen molar-refractivity contribution in [3.8, 4) is 22.1 Å². The Kier molecular flexibility index (Phi) is 13.0. The minimum absolute atomic E-state index is 0.640. The molecule has 0 atom stereocenters. The molecule has 0 fully saturated rings. The Morgan fingerprint density at radius 2 is 1.19 bits per heavy atom. The monoisotopic (exact) mass is 507 g/mol. The highest BCUT2D eigenvalue weighted by Crippen LogP contribution is 2.29. The van der Waals surface area contributed by atoms with Crippen molar-refractivity contribution in [2.45, 2.75) is 84.5 Å². The molecule has 2 aromatic carbocycles. The van der Waals surface area contributed by atoms with Crippen molar-refractivity contribution in [3.05, 3.63) is 54.1 Å². The van der Waals surface area contributed by atoms with E-state index in [1.54, 1.807) is 0 Å². The number of nitrogens with zero attached hydrogens (tertiary/aromatic N) is 3. The van der Waals surface area contributed by atoms with E-state index in [9.17, 15) is 0 Å². The van der Waals surface area contributed by atoms with Crippen LogP contribution in [0, 0.1) is 0 Å². The number of hydrogen-bond acceptors (Lipinski definition) is 6. The molecule has 0 saturated carbocycles. The zero-order valence-electron chi connectivity index (χ0n) is 22.0. The van der Waals surface area contributed by atoms with Gasteiger partial charge in [0.05, 0.1) is 13.2 Å². The summed E-state index contributed by atoms with van der Waals surface area (Å²) in [5.74, 6) is 1.80. The van der Waals surface area contributed by atoms with Crippen LogP contribution in [-0.2, 0) is 0 Å². The highest BCUT2D eigenvalue weighted by molar-refractivity contribution is 7.18. The topological polar surface area (TPSA) is 56.6 Å². The molecule has 194 valence electrons. The van der Waals surface area contributed by atoms with E-state index in [0.29, 0.717) is 5.13 Å². The average molecular weight is 508 g/mol. The van der Waals surface area contributed by atoms with Gasteiger partial charge in [0.1, 0.15) is 16.5 Å². The summed E-state index contributed by atoms with van der Waals surface area (Å²) in [5, 5.41) is 10.0. The molecular weight excluding hydrogens is 466 g/mol. The lowest BCUT2D eigenvalue weighted by molar-refractivity contribution is 0.304. The molecule has 1 heterocycles. The van der Waals surface area contributed by atoms with E-state index in [0.717, 1.165) is 53.7 Å². The number of aromatic nitrogens is 2. The summed E-state index contributed by atoms with van der Waals surface area (Å²) in [4.78, 5) is 4.50. The SMILES string of the molecule is CCCCCCCCOc1ccc(-c2nnc(/N=C/c3ccc(OCCCCCCC)cc3)s2)cc1. The highest BCUT2D eigenvalue weighted by atomic mass is 32.1. The van der Waals surface area contributed by atoms with Gasteiger partial charge in [-0.1, -0.05) is 83.0 Å². The van der Waals surface area contributed by atoms with Crippen LogP contribution in [0.4, 0.5) is 5.13 Å². The van der Waals surface area contributed by atoms with Gasteiger partial charge in [0.25, 0.3) is 0 Å². The molecule has 0 saturated heterocycles. The minimum Gasteiger partial charge on any atom is -0.494 e. The summed E-state index contributed by atoms with van der Waals surface area (Å²) in [6.07, 6.45) is 15.6. The molecule has 6 heteroatoms. The lowest BCUT2D eigenvalue weighted by Crippen LogP contribution is -1.97. The highest BCUT2D eigenvalue weighted by Gasteiger charge is 2.06. The summed E-state index contributed by atoms with van der Waals surface area (Å²) in [6.45, 7) is 6.03. The van der Waals surface area contributed by atoms with Crippen molar-refractivity contribution in [1.82, 2.24) is 10.2 Å². The molecular formula is C30H41N3O2S. The van der Waals surface area contributed by atoms with Crippen molar-refractivity contribution >= 4 is 22.7 Å². The third kappa shape index (κ3) is 10.5. The van der Waals surface area contributed by atoms with Crippen LogP contribution in [0.25, 0.3) is 10.6 Å². The molecule has 0 radical (unpaired) electrons. The largest absolute Gasteiger partial charge is 0.494 e. The normalized spacial score (nSPS) is 11.3. The third-order valence-electron chi connectivity index (χ3n) is 6.00. The van der Waals surface area contributed by atoms with Crippen LogP contribution in [0.2, 0.25) is 0 Å². The second kappa shape index (κ2) is 16.9. The van der Waals surface area contributed by atoms with Gasteiger partial charge in [0.15, 0.2) is 0 Å². The lowest BCUT2D eigenvalue weighted by Gasteiger charge is -2.06. The van der Waals surface area contributed by atoms with Crippen molar-refractivity contribution in [1.29, 1.82) is 0 Å². The summed E-state index contributed by atoms with van der Waals surface area (Å²) in [7, 11) is 0. The molecule has 0 bridgehead atoms. The van der Waals surface area contributed by atoms with Crippen molar-refractivity contribution < 1.29 is 9.47 Å². The lowest BCUT2D eigenvalue weighted by atomic mass is 10.1. The van der Waals surface area contributed by atoms with Crippen molar-refractivity contribution in [2.24, 2.45) is 4.99 Å². The molecule has 0 unspecified atom stereocenters. The first kappa shape index (κ1) is 27.9. The molecule has 1 aromatic heterocycles. The van der Waals surface area contributed by atoms with Crippen LogP contribution >= 0.6 is 11.3 Å². The fourth-order valence-electron chi connectivity index (χ4n) is 3.83. The zero-order chi connectivity index (χ0) is 25.3. The van der Waals surface area contributed by atoms with Gasteiger partial charge < -0.3 is 9.47 Å². The molecule has 0 spiro atoms. The predicted octanol–water partition coefficient (Wildman–Crippen LogP) is 9.04. The maximum absolute atomic E-state index is 5.88. The molecule has 0 amide bonds. The first-order chi connectivity index (χ1) is 17.8. The molecule has 3 aromatic rings. The summed E-state index contributed by atoms with van der Waals surface area (Å²) in [6, 6.07) is 16.1. The number of ether oxygens (including phenoxy) is 2. The van der Waals surface area contributed by atoms with Crippen molar-refractivity contribution in [2.75, 3.05) is 13.2 Å². The van der Waals surface area contributed by atoms with E-state index < -0.39 is 0 Å². The second-order valence-corrected chi connectivity index (χ2v) is 10.1. The van der Waals surface area contributed by atoms with E-state index in [1.165, 1.54) is 69.1 Å². The Morgan fingerprint density at radius 1 is 0.667 bits per heavy atom. The van der Waals surface area contributed by atoms with Gasteiger partial charge in [-0.05, 0) is 66.9 Å². The smallest absolute Gasteiger partial charge is 0.231 e. The molecule has 36 heavy (non-hydrogen) atoms. The maximum Gasteiger partial charge on any atom is 0.231 e. The molecule has 3 rings (SSSR count). The van der Waals surface area contributed by atoms with Gasteiger partial charge in [0, 0.05) is 11.8 Å². The minimum atomic E-state index is 0.640. The fraction of sp³-hybridized carbons (Fsp3) is 0.500. The average Bonchev–Trinajstić information content (AvgIpc) is 3.39. The van der Waals surface area contributed by atoms with Gasteiger partial charge in [-0.15, -0.1) is 10.2 Å². The standard InChI is InChI=1S/C30H41N3O2S/c1-3-5-7-9-11-13-23-35-28-20-16-26(17-21-28)29-32-33-30(36-29)31-24-25-14-18-27(19-15-25)34-22-12-10-8-6-4-2/h14-21,24H,3-13,22-23H2,1-2H3/b31-24+. The van der Waals surface area contributed by atoms with E-state index in [1.807, 2.05) is 54.7 Å². The van der Waals surface area contributed by atoms with Crippen molar-refractivity contribution in [3.63, 3.8) is 0 Å². The summed E-state index contributed by atoms with van der Waals surface area (Å²) < 4.78 is 11.7. The second-order valence-electron chi connectivity index (χ2n) is 9.12. The number of unbranched alkanes of at least 4 members (excludes halogenated alkanes) is 9. The van der Waals surface area contributed by atoms with Gasteiger partial charge >= 0.3 is 0 Å². The first-order valence-electron chi connectivity index (χ1n) is 13.6. The number of rotatable bonds is 18. The van der Waals surface area contributed by atoms with E-state index in [4.69, 9.17) is 9.47 Å². The van der Waals surface area contributed by atoms with Crippen LogP contribution in [0.15, 0.2) is 53.5 Å². The summed E-state index contributed by atoms with van der Waals surface area (Å²) in [5.41, 5.74) is 2.03. The van der Waals surface area contributed by atoms with E-state index in [-0.39, 0.29) is 0 Å². The summed E-state index contributed by atoms with van der Waals surface area (Å²) >= 11 is 1.48. The van der Waals surface area contributed by atoms with Gasteiger partial charge in [-0.3, -0.25) is 0 Å². The number of benzene rings is 2.